The molecule has 1 aromatic carbocycles. The van der Waals surface area contributed by atoms with E-state index in [9.17, 15) is 9.59 Å². The Morgan fingerprint density at radius 2 is 2.11 bits per heavy atom. The summed E-state index contributed by atoms with van der Waals surface area (Å²) in [5.41, 5.74) is 6.46. The fraction of sp³-hybridized carbons (Fsp3) is 0.368. The summed E-state index contributed by atoms with van der Waals surface area (Å²) in [7, 11) is 0. The average Bonchev–Trinajstić information content (AvgIpc) is 3.14. The van der Waals surface area contributed by atoms with E-state index in [1.165, 1.54) is 11.8 Å². The Morgan fingerprint density at radius 1 is 1.33 bits per heavy atom. The summed E-state index contributed by atoms with van der Waals surface area (Å²) in [6.45, 7) is 2.89. The van der Waals surface area contributed by atoms with Gasteiger partial charge in [-0.3, -0.25) is 14.7 Å². The number of likely N-dealkylation sites (tertiary alicyclic amines) is 1. The van der Waals surface area contributed by atoms with Crippen LogP contribution < -0.4 is 5.73 Å². The Bertz CT molecular complexity index is 821. The molecule has 2 amide bonds. The summed E-state index contributed by atoms with van der Waals surface area (Å²) in [6.07, 6.45) is 5.34. The first-order chi connectivity index (χ1) is 13.0. The summed E-state index contributed by atoms with van der Waals surface area (Å²) in [5, 5.41) is 7.22. The van der Waals surface area contributed by atoms with Gasteiger partial charge in [-0.1, -0.05) is 48.2 Å². The largest absolute Gasteiger partial charge is 0.369 e. The lowest BCUT2D eigenvalue weighted by Crippen LogP contribution is -2.46. The molecule has 1 aromatic heterocycles. The molecule has 2 atom stereocenters. The molecule has 2 unspecified atom stereocenters. The second-order valence-corrected chi connectivity index (χ2v) is 7.84. The first-order valence-electron chi connectivity index (χ1n) is 8.93. The van der Waals surface area contributed by atoms with Crippen molar-refractivity contribution in [2.75, 3.05) is 13.1 Å². The standard InChI is InChI=1S/C19H23N5O2S/c1-13(18(26)24-11-5-8-15(12-24)17(20)25)27-19-21-16(22-23-19)10-9-14-6-3-2-4-7-14/h2-4,6-7,9-10,13,15H,5,8,11-12H2,1H3,(H2,20,25)(H,21,22,23)/b10-9+. The molecular formula is C19H23N5O2S. The Kier molecular flexibility index (Phi) is 6.28. The smallest absolute Gasteiger partial charge is 0.235 e. The third kappa shape index (κ3) is 5.19. The Morgan fingerprint density at radius 3 is 2.85 bits per heavy atom. The number of hydrogen-bond acceptors (Lipinski definition) is 5. The quantitative estimate of drug-likeness (QED) is 0.742. The Labute approximate surface area is 162 Å². The fourth-order valence-electron chi connectivity index (χ4n) is 3.00. The maximum atomic E-state index is 12.7. The van der Waals surface area contributed by atoms with Crippen molar-refractivity contribution in [1.29, 1.82) is 0 Å². The molecule has 1 aliphatic heterocycles. The van der Waals surface area contributed by atoms with Crippen molar-refractivity contribution < 1.29 is 9.59 Å². The number of aromatic nitrogens is 3. The highest BCUT2D eigenvalue weighted by molar-refractivity contribution is 8.00. The van der Waals surface area contributed by atoms with Gasteiger partial charge in [0, 0.05) is 13.1 Å². The number of primary amides is 1. The van der Waals surface area contributed by atoms with Crippen molar-refractivity contribution in [2.24, 2.45) is 11.7 Å². The third-order valence-electron chi connectivity index (χ3n) is 4.48. The highest BCUT2D eigenvalue weighted by Crippen LogP contribution is 2.24. The molecule has 3 rings (SSSR count). The number of carbonyl (C=O) groups excluding carboxylic acids is 2. The molecule has 27 heavy (non-hydrogen) atoms. The van der Waals surface area contributed by atoms with Gasteiger partial charge < -0.3 is 10.6 Å². The maximum Gasteiger partial charge on any atom is 0.235 e. The number of hydrogen-bond donors (Lipinski definition) is 2. The van der Waals surface area contributed by atoms with Crippen molar-refractivity contribution in [3.63, 3.8) is 0 Å². The number of rotatable bonds is 6. The van der Waals surface area contributed by atoms with E-state index in [0.717, 1.165) is 18.4 Å². The summed E-state index contributed by atoms with van der Waals surface area (Å²) >= 11 is 1.30. The van der Waals surface area contributed by atoms with Gasteiger partial charge in [0.25, 0.3) is 0 Å². The van der Waals surface area contributed by atoms with E-state index in [4.69, 9.17) is 5.73 Å². The molecule has 0 aliphatic carbocycles. The van der Waals surface area contributed by atoms with Crippen LogP contribution in [0.2, 0.25) is 0 Å². The van der Waals surface area contributed by atoms with Gasteiger partial charge in [0.1, 0.15) is 5.82 Å². The van der Waals surface area contributed by atoms with Crippen molar-refractivity contribution in [2.45, 2.75) is 30.2 Å². The van der Waals surface area contributed by atoms with Gasteiger partial charge in [-0.05, 0) is 31.4 Å². The lowest BCUT2D eigenvalue weighted by atomic mass is 9.97. The second kappa shape index (κ2) is 8.85. The summed E-state index contributed by atoms with van der Waals surface area (Å²) < 4.78 is 0. The van der Waals surface area contributed by atoms with Crippen LogP contribution in [-0.2, 0) is 9.59 Å². The molecule has 0 radical (unpaired) electrons. The minimum atomic E-state index is -0.336. The first kappa shape index (κ1) is 19.2. The van der Waals surface area contributed by atoms with E-state index in [2.05, 4.69) is 15.2 Å². The minimum Gasteiger partial charge on any atom is -0.369 e. The molecule has 2 aromatic rings. The number of piperidine rings is 1. The number of thioether (sulfide) groups is 1. The van der Waals surface area contributed by atoms with E-state index in [0.29, 0.717) is 24.1 Å². The van der Waals surface area contributed by atoms with Crippen LogP contribution in [0.5, 0.6) is 0 Å². The van der Waals surface area contributed by atoms with Crippen molar-refractivity contribution in [3.8, 4) is 0 Å². The van der Waals surface area contributed by atoms with E-state index in [1.807, 2.05) is 49.4 Å². The number of nitrogens with one attached hydrogen (secondary N) is 1. The highest BCUT2D eigenvalue weighted by Gasteiger charge is 2.30. The highest BCUT2D eigenvalue weighted by atomic mass is 32.2. The number of benzene rings is 1. The van der Waals surface area contributed by atoms with Gasteiger partial charge in [-0.25, -0.2) is 4.98 Å². The summed E-state index contributed by atoms with van der Waals surface area (Å²) in [6, 6.07) is 9.91. The SMILES string of the molecule is CC(Sc1n[nH]c(/C=C/c2ccccc2)n1)C(=O)N1CCCC(C(N)=O)C1. The van der Waals surface area contributed by atoms with Crippen LogP contribution in [-0.4, -0.2) is 50.2 Å². The van der Waals surface area contributed by atoms with E-state index in [1.54, 1.807) is 4.90 Å². The molecule has 2 heterocycles. The fourth-order valence-corrected chi connectivity index (χ4v) is 3.82. The number of amides is 2. The van der Waals surface area contributed by atoms with Crippen molar-refractivity contribution in [1.82, 2.24) is 20.1 Å². The zero-order valence-electron chi connectivity index (χ0n) is 15.2. The van der Waals surface area contributed by atoms with Gasteiger partial charge in [0.2, 0.25) is 17.0 Å². The van der Waals surface area contributed by atoms with Crippen LogP contribution in [0.25, 0.3) is 12.2 Å². The molecule has 7 nitrogen and oxygen atoms in total. The van der Waals surface area contributed by atoms with Crippen LogP contribution >= 0.6 is 11.8 Å². The topological polar surface area (TPSA) is 105 Å². The third-order valence-corrected chi connectivity index (χ3v) is 5.43. The zero-order valence-corrected chi connectivity index (χ0v) is 16.0. The second-order valence-electron chi connectivity index (χ2n) is 6.53. The molecular weight excluding hydrogens is 362 g/mol. The number of nitrogens with zero attached hydrogens (tertiary/aromatic N) is 3. The van der Waals surface area contributed by atoms with Crippen LogP contribution in [0.3, 0.4) is 0 Å². The number of carbonyl (C=O) groups is 2. The molecule has 1 fully saturated rings. The number of H-pyrrole nitrogens is 1. The summed E-state index contributed by atoms with van der Waals surface area (Å²) in [5.74, 6) is 0.0275. The number of aromatic amines is 1. The van der Waals surface area contributed by atoms with E-state index >= 15 is 0 Å². The molecule has 1 saturated heterocycles. The van der Waals surface area contributed by atoms with Gasteiger partial charge in [-0.15, -0.1) is 5.10 Å². The van der Waals surface area contributed by atoms with E-state index in [-0.39, 0.29) is 23.0 Å². The van der Waals surface area contributed by atoms with Crippen molar-refractivity contribution >= 4 is 35.7 Å². The van der Waals surface area contributed by atoms with Crippen LogP contribution in [0.4, 0.5) is 0 Å². The Hall–Kier alpha value is -2.61. The van der Waals surface area contributed by atoms with E-state index < -0.39 is 0 Å². The molecule has 3 N–H and O–H groups in total. The predicted molar refractivity (Wildman–Crippen MR) is 106 cm³/mol. The predicted octanol–water partition coefficient (Wildman–Crippen LogP) is 2.18. The molecule has 0 saturated carbocycles. The number of nitrogens with two attached hydrogens (primary N) is 1. The average molecular weight is 385 g/mol. The lowest BCUT2D eigenvalue weighted by Gasteiger charge is -2.32. The van der Waals surface area contributed by atoms with Crippen LogP contribution in [0, 0.1) is 5.92 Å². The van der Waals surface area contributed by atoms with Crippen LogP contribution in [0.1, 0.15) is 31.2 Å². The summed E-state index contributed by atoms with van der Waals surface area (Å²) in [4.78, 5) is 30.2. The monoisotopic (exact) mass is 385 g/mol. The van der Waals surface area contributed by atoms with Gasteiger partial charge >= 0.3 is 0 Å². The normalized spacial score (nSPS) is 18.6. The first-order valence-corrected chi connectivity index (χ1v) is 9.81. The van der Waals surface area contributed by atoms with Gasteiger partial charge in [0.15, 0.2) is 0 Å². The molecule has 8 heteroatoms. The van der Waals surface area contributed by atoms with Gasteiger partial charge in [-0.2, -0.15) is 0 Å². The Balaban J connectivity index is 1.57. The molecule has 0 bridgehead atoms. The van der Waals surface area contributed by atoms with Gasteiger partial charge in [0.05, 0.1) is 11.2 Å². The molecule has 0 spiro atoms. The molecule has 1 aliphatic rings. The minimum absolute atomic E-state index is 0.0165. The van der Waals surface area contributed by atoms with Crippen LogP contribution in [0.15, 0.2) is 35.5 Å². The lowest BCUT2D eigenvalue weighted by molar-refractivity contribution is -0.134. The molecule has 142 valence electrons. The maximum absolute atomic E-state index is 12.7. The zero-order chi connectivity index (χ0) is 19.2. The van der Waals surface area contributed by atoms with Crippen molar-refractivity contribution in [3.05, 3.63) is 41.7 Å².